The molecule has 3 rings (SSSR count). The van der Waals surface area contributed by atoms with Gasteiger partial charge in [-0.3, -0.25) is 4.79 Å². The van der Waals surface area contributed by atoms with Gasteiger partial charge >= 0.3 is 0 Å². The van der Waals surface area contributed by atoms with E-state index in [1.807, 2.05) is 19.2 Å². The van der Waals surface area contributed by atoms with E-state index in [4.69, 9.17) is 11.6 Å². The molecule has 0 atom stereocenters. The molecule has 2 fully saturated rings. The predicted molar refractivity (Wildman–Crippen MR) is 91.6 cm³/mol. The lowest BCUT2D eigenvalue weighted by Gasteiger charge is -2.45. The molecule has 22 heavy (non-hydrogen) atoms. The van der Waals surface area contributed by atoms with Crippen LogP contribution >= 0.6 is 11.6 Å². The monoisotopic (exact) mass is 320 g/mol. The maximum absolute atomic E-state index is 12.5. The number of halogens is 1. The zero-order valence-corrected chi connectivity index (χ0v) is 14.0. The summed E-state index contributed by atoms with van der Waals surface area (Å²) in [6.07, 6.45) is 9.20. The largest absolute Gasteiger partial charge is 0.388 e. The lowest BCUT2D eigenvalue weighted by Crippen LogP contribution is -2.43. The summed E-state index contributed by atoms with van der Waals surface area (Å²) in [5.41, 5.74) is 1.81. The Kier molecular flexibility index (Phi) is 4.62. The first-order chi connectivity index (χ1) is 10.6. The highest BCUT2D eigenvalue weighted by molar-refractivity contribution is 6.34. The van der Waals surface area contributed by atoms with Crippen molar-refractivity contribution in [3.8, 4) is 0 Å². The highest BCUT2D eigenvalue weighted by Gasteiger charge is 2.39. The fourth-order valence-electron chi connectivity index (χ4n) is 4.29. The zero-order chi connectivity index (χ0) is 15.6. The van der Waals surface area contributed by atoms with E-state index < -0.39 is 0 Å². The second-order valence-electron chi connectivity index (χ2n) is 6.98. The van der Waals surface area contributed by atoms with Gasteiger partial charge in [0.1, 0.15) is 0 Å². The highest BCUT2D eigenvalue weighted by Crippen LogP contribution is 2.48. The fourth-order valence-corrected chi connectivity index (χ4v) is 4.49. The van der Waals surface area contributed by atoms with E-state index in [-0.39, 0.29) is 5.91 Å². The molecule has 0 heterocycles. The Morgan fingerprint density at radius 2 is 2.05 bits per heavy atom. The van der Waals surface area contributed by atoms with Crippen LogP contribution in [0.15, 0.2) is 18.2 Å². The van der Waals surface area contributed by atoms with Gasteiger partial charge in [0.15, 0.2) is 0 Å². The molecule has 0 aromatic heterocycles. The van der Waals surface area contributed by atoms with Gasteiger partial charge in [0.2, 0.25) is 0 Å². The van der Waals surface area contributed by atoms with Crippen LogP contribution in [0.3, 0.4) is 0 Å². The Labute approximate surface area is 137 Å². The van der Waals surface area contributed by atoms with Gasteiger partial charge in [0, 0.05) is 19.3 Å². The molecule has 4 heteroatoms. The molecule has 0 aliphatic heterocycles. The van der Waals surface area contributed by atoms with Crippen molar-refractivity contribution in [1.29, 1.82) is 0 Å². The van der Waals surface area contributed by atoms with Crippen LogP contribution < -0.4 is 10.6 Å². The molecule has 0 spiro atoms. The van der Waals surface area contributed by atoms with Gasteiger partial charge in [0.05, 0.1) is 10.6 Å². The van der Waals surface area contributed by atoms with Gasteiger partial charge in [0.25, 0.3) is 5.91 Å². The summed E-state index contributed by atoms with van der Waals surface area (Å²) in [4.78, 5) is 12.5. The minimum atomic E-state index is -0.0517. The van der Waals surface area contributed by atoms with Gasteiger partial charge < -0.3 is 10.6 Å². The number of carbonyl (C=O) groups is 1. The van der Waals surface area contributed by atoms with Gasteiger partial charge in [-0.2, -0.15) is 0 Å². The van der Waals surface area contributed by atoms with Crippen molar-refractivity contribution < 1.29 is 4.79 Å². The molecule has 0 radical (unpaired) electrons. The number of carbonyl (C=O) groups excluding carboxylic acids is 1. The van der Waals surface area contributed by atoms with Gasteiger partial charge in [-0.05, 0) is 48.8 Å². The third-order valence-electron chi connectivity index (χ3n) is 5.48. The number of anilines is 1. The molecule has 1 aromatic carbocycles. The van der Waals surface area contributed by atoms with Crippen molar-refractivity contribution in [1.82, 2.24) is 5.32 Å². The molecule has 0 unspecified atom stereocenters. The Hall–Kier alpha value is -1.22. The van der Waals surface area contributed by atoms with Gasteiger partial charge in [-0.15, -0.1) is 0 Å². The molecule has 2 N–H and O–H groups in total. The summed E-state index contributed by atoms with van der Waals surface area (Å²) in [6.45, 7) is 0.794. The average Bonchev–Trinajstić information content (AvgIpc) is 2.53. The summed E-state index contributed by atoms with van der Waals surface area (Å²) in [6, 6.07) is 5.47. The third kappa shape index (κ3) is 3.24. The van der Waals surface area contributed by atoms with Crippen LogP contribution in [-0.2, 0) is 0 Å². The first kappa shape index (κ1) is 15.7. The number of rotatable bonds is 4. The molecule has 1 aromatic rings. The Morgan fingerprint density at radius 1 is 1.32 bits per heavy atom. The molecule has 120 valence electrons. The summed E-state index contributed by atoms with van der Waals surface area (Å²) in [7, 11) is 1.84. The predicted octanol–water partition coefficient (Wildman–Crippen LogP) is 4.47. The van der Waals surface area contributed by atoms with Crippen LogP contribution in [0.5, 0.6) is 0 Å². The normalized spacial score (nSPS) is 27.3. The topological polar surface area (TPSA) is 41.1 Å². The zero-order valence-electron chi connectivity index (χ0n) is 13.3. The van der Waals surface area contributed by atoms with E-state index >= 15 is 0 Å². The Bertz CT molecular complexity index is 548. The number of benzene rings is 1. The summed E-state index contributed by atoms with van der Waals surface area (Å²) in [5, 5.41) is 6.72. The fraction of sp³-hybridized carbons (Fsp3) is 0.611. The molecule has 2 aliphatic carbocycles. The maximum atomic E-state index is 12.5. The maximum Gasteiger partial charge on any atom is 0.252 e. The van der Waals surface area contributed by atoms with E-state index in [1.54, 1.807) is 6.07 Å². The number of fused-ring (bicyclic) bond motifs is 2. The van der Waals surface area contributed by atoms with E-state index in [1.165, 1.54) is 44.9 Å². The van der Waals surface area contributed by atoms with Crippen LogP contribution in [0, 0.1) is 11.3 Å². The number of hydrogen-bond acceptors (Lipinski definition) is 2. The number of hydrogen-bond donors (Lipinski definition) is 2. The smallest absolute Gasteiger partial charge is 0.252 e. The minimum absolute atomic E-state index is 0.0517. The summed E-state index contributed by atoms with van der Waals surface area (Å²) in [5.74, 6) is 0.833. The molecular weight excluding hydrogens is 296 g/mol. The average molecular weight is 321 g/mol. The van der Waals surface area contributed by atoms with Crippen molar-refractivity contribution in [2.45, 2.75) is 44.9 Å². The Balaban J connectivity index is 1.67. The minimum Gasteiger partial charge on any atom is -0.388 e. The van der Waals surface area contributed by atoms with Crippen LogP contribution in [0.1, 0.15) is 55.3 Å². The van der Waals surface area contributed by atoms with E-state index in [2.05, 4.69) is 10.6 Å². The summed E-state index contributed by atoms with van der Waals surface area (Å²) < 4.78 is 0. The Morgan fingerprint density at radius 3 is 2.73 bits per heavy atom. The van der Waals surface area contributed by atoms with E-state index in [0.29, 0.717) is 16.0 Å². The van der Waals surface area contributed by atoms with E-state index in [9.17, 15) is 4.79 Å². The van der Waals surface area contributed by atoms with Crippen molar-refractivity contribution >= 4 is 23.2 Å². The standard InChI is InChI=1S/C18H25ClN2O/c1-20-14-6-7-16(19)15(10-14)17(22)21-12-18-8-2-4-13(11-18)5-3-9-18/h6-7,10,13,20H,2-5,8-9,11-12H2,1H3,(H,21,22). The van der Waals surface area contributed by atoms with Crippen LogP contribution in [0.4, 0.5) is 5.69 Å². The second kappa shape index (κ2) is 6.49. The highest BCUT2D eigenvalue weighted by atomic mass is 35.5. The van der Waals surface area contributed by atoms with Crippen LogP contribution in [-0.4, -0.2) is 19.5 Å². The van der Waals surface area contributed by atoms with E-state index in [0.717, 1.165) is 18.2 Å². The van der Waals surface area contributed by atoms with Crippen LogP contribution in [0.25, 0.3) is 0 Å². The van der Waals surface area contributed by atoms with Crippen molar-refractivity contribution in [3.63, 3.8) is 0 Å². The van der Waals surface area contributed by atoms with Crippen molar-refractivity contribution in [2.75, 3.05) is 18.9 Å². The molecule has 3 nitrogen and oxygen atoms in total. The van der Waals surface area contributed by atoms with Crippen molar-refractivity contribution in [3.05, 3.63) is 28.8 Å². The number of amides is 1. The second-order valence-corrected chi connectivity index (χ2v) is 7.39. The molecule has 2 aliphatic rings. The van der Waals surface area contributed by atoms with Gasteiger partial charge in [-0.25, -0.2) is 0 Å². The molecule has 2 bridgehead atoms. The van der Waals surface area contributed by atoms with Gasteiger partial charge in [-0.1, -0.05) is 37.3 Å². The lowest BCUT2D eigenvalue weighted by molar-refractivity contribution is 0.0682. The third-order valence-corrected chi connectivity index (χ3v) is 5.81. The number of nitrogens with one attached hydrogen (secondary N) is 2. The van der Waals surface area contributed by atoms with Crippen molar-refractivity contribution in [2.24, 2.45) is 11.3 Å². The quantitative estimate of drug-likeness (QED) is 0.859. The summed E-state index contributed by atoms with van der Waals surface area (Å²) >= 11 is 6.18. The molecule has 0 saturated heterocycles. The first-order valence-corrected chi connectivity index (χ1v) is 8.75. The van der Waals surface area contributed by atoms with Crippen LogP contribution in [0.2, 0.25) is 5.02 Å². The molecular formula is C18H25ClN2O. The molecule has 1 amide bonds. The lowest BCUT2D eigenvalue weighted by atomic mass is 9.62. The SMILES string of the molecule is CNc1ccc(Cl)c(C(=O)NCC23CCCC(CCC2)C3)c1. The molecule has 2 saturated carbocycles. The first-order valence-electron chi connectivity index (χ1n) is 8.37.